The molecule has 0 unspecified atom stereocenters. The molecule has 0 saturated carbocycles. The van der Waals surface area contributed by atoms with Crippen LogP contribution in [0.3, 0.4) is 0 Å². The summed E-state index contributed by atoms with van der Waals surface area (Å²) in [4.78, 5) is 17.1. The van der Waals surface area contributed by atoms with Gasteiger partial charge in [-0.1, -0.05) is 24.3 Å². The van der Waals surface area contributed by atoms with E-state index in [0.29, 0.717) is 18.2 Å². The molecular formula is C20H23N5O. The van der Waals surface area contributed by atoms with E-state index in [2.05, 4.69) is 20.5 Å². The third-order valence-corrected chi connectivity index (χ3v) is 4.51. The normalized spacial score (nSPS) is 11.4. The fraction of sp³-hybridized carbons (Fsp3) is 0.250. The van der Waals surface area contributed by atoms with Gasteiger partial charge in [0.15, 0.2) is 5.82 Å². The lowest BCUT2D eigenvalue weighted by Gasteiger charge is -2.26. The first-order chi connectivity index (χ1) is 12.4. The molecule has 1 aromatic heterocycles. The molecule has 134 valence electrons. The molecule has 0 aliphatic rings. The molecular weight excluding hydrogens is 326 g/mol. The van der Waals surface area contributed by atoms with Gasteiger partial charge in [-0.2, -0.15) is 5.10 Å². The highest BCUT2D eigenvalue weighted by Crippen LogP contribution is 2.28. The quantitative estimate of drug-likeness (QED) is 0.659. The molecule has 0 saturated heterocycles. The number of hydrogen-bond acceptors (Lipinski definition) is 4. The van der Waals surface area contributed by atoms with Crippen LogP contribution in [-0.2, 0) is 16.8 Å². The molecule has 0 fully saturated rings. The van der Waals surface area contributed by atoms with E-state index in [0.717, 1.165) is 22.4 Å². The van der Waals surface area contributed by atoms with Crippen LogP contribution in [0.2, 0.25) is 0 Å². The van der Waals surface area contributed by atoms with Gasteiger partial charge < -0.3 is 11.1 Å². The number of hydrogen-bond donors (Lipinski definition) is 3. The lowest BCUT2D eigenvalue weighted by atomic mass is 9.81. The second kappa shape index (κ2) is 7.09. The first-order valence-electron chi connectivity index (χ1n) is 8.51. The number of aromatic amines is 1. The first kappa shape index (κ1) is 17.8. The van der Waals surface area contributed by atoms with Gasteiger partial charge in [-0.05, 0) is 56.2 Å². The number of amides is 1. The second-order valence-corrected chi connectivity index (χ2v) is 6.78. The van der Waals surface area contributed by atoms with Gasteiger partial charge in [0.05, 0.1) is 12.0 Å². The molecule has 0 atom stereocenters. The predicted octanol–water partition coefficient (Wildman–Crippen LogP) is 3.16. The molecule has 4 N–H and O–H groups in total. The topological polar surface area (TPSA) is 96.7 Å². The Bertz CT molecular complexity index is 912. The maximum Gasteiger partial charge on any atom is 0.234 e. The van der Waals surface area contributed by atoms with Crippen molar-refractivity contribution in [2.45, 2.75) is 32.7 Å². The van der Waals surface area contributed by atoms with Crippen molar-refractivity contribution in [3.63, 3.8) is 0 Å². The Balaban J connectivity index is 1.76. The summed E-state index contributed by atoms with van der Waals surface area (Å²) < 4.78 is 0. The molecule has 0 radical (unpaired) electrons. The Hall–Kier alpha value is -2.99. The number of nitrogens with zero attached hydrogens (tertiary/aromatic N) is 2. The number of carbonyl (C=O) groups excluding carboxylic acids is 1. The molecule has 1 heterocycles. The number of nitrogens with two attached hydrogens (primary N) is 1. The van der Waals surface area contributed by atoms with E-state index >= 15 is 0 Å². The minimum absolute atomic E-state index is 0.0529. The van der Waals surface area contributed by atoms with Gasteiger partial charge in [0, 0.05) is 11.3 Å². The highest BCUT2D eigenvalue weighted by atomic mass is 16.2. The van der Waals surface area contributed by atoms with E-state index in [1.54, 1.807) is 0 Å². The van der Waals surface area contributed by atoms with Crippen LogP contribution in [0, 0.1) is 6.92 Å². The fourth-order valence-electron chi connectivity index (χ4n) is 2.90. The SMILES string of the molecule is Cc1ccccc1C(C)(C)C(=O)Nc1ccc(-c2n[nH]c(CN)n2)cc1. The van der Waals surface area contributed by atoms with Crippen molar-refractivity contribution in [1.29, 1.82) is 0 Å². The summed E-state index contributed by atoms with van der Waals surface area (Å²) in [5.74, 6) is 1.17. The number of aryl methyl sites for hydroxylation is 1. The molecule has 26 heavy (non-hydrogen) atoms. The average Bonchev–Trinajstić information content (AvgIpc) is 3.11. The van der Waals surface area contributed by atoms with Crippen LogP contribution in [-0.4, -0.2) is 21.1 Å². The van der Waals surface area contributed by atoms with E-state index in [1.807, 2.05) is 69.3 Å². The van der Waals surface area contributed by atoms with Gasteiger partial charge in [0.2, 0.25) is 5.91 Å². The third kappa shape index (κ3) is 3.50. The second-order valence-electron chi connectivity index (χ2n) is 6.78. The standard InChI is InChI=1S/C20H23N5O/c1-13-6-4-5-7-16(13)20(2,3)19(26)22-15-10-8-14(9-11-15)18-23-17(12-21)24-25-18/h4-11H,12,21H2,1-3H3,(H,22,26)(H,23,24,25). The summed E-state index contributed by atoms with van der Waals surface area (Å²) >= 11 is 0. The Morgan fingerprint density at radius 2 is 1.85 bits per heavy atom. The molecule has 0 aliphatic carbocycles. The number of benzene rings is 2. The summed E-state index contributed by atoms with van der Waals surface area (Å²) in [6.07, 6.45) is 0. The highest BCUT2D eigenvalue weighted by molar-refractivity contribution is 5.98. The molecule has 3 aromatic rings. The Kier molecular flexibility index (Phi) is 4.86. The predicted molar refractivity (Wildman–Crippen MR) is 103 cm³/mol. The molecule has 6 heteroatoms. The number of H-pyrrole nitrogens is 1. The monoisotopic (exact) mass is 349 g/mol. The van der Waals surface area contributed by atoms with Crippen molar-refractivity contribution in [3.05, 3.63) is 65.5 Å². The maximum absolute atomic E-state index is 12.8. The third-order valence-electron chi connectivity index (χ3n) is 4.51. The van der Waals surface area contributed by atoms with Crippen LogP contribution >= 0.6 is 0 Å². The zero-order valence-corrected chi connectivity index (χ0v) is 15.2. The van der Waals surface area contributed by atoms with Gasteiger partial charge in [0.25, 0.3) is 0 Å². The van der Waals surface area contributed by atoms with Gasteiger partial charge in [-0.15, -0.1) is 0 Å². The largest absolute Gasteiger partial charge is 0.325 e. The van der Waals surface area contributed by atoms with E-state index < -0.39 is 5.41 Å². The zero-order valence-electron chi connectivity index (χ0n) is 15.2. The number of anilines is 1. The van der Waals surface area contributed by atoms with E-state index in [-0.39, 0.29) is 5.91 Å². The van der Waals surface area contributed by atoms with Gasteiger partial charge in [-0.3, -0.25) is 9.89 Å². The molecule has 0 spiro atoms. The summed E-state index contributed by atoms with van der Waals surface area (Å²) in [6.45, 7) is 6.20. The lowest BCUT2D eigenvalue weighted by molar-refractivity contribution is -0.120. The highest BCUT2D eigenvalue weighted by Gasteiger charge is 2.31. The molecule has 2 aromatic carbocycles. The Morgan fingerprint density at radius 1 is 1.15 bits per heavy atom. The van der Waals surface area contributed by atoms with Gasteiger partial charge in [0.1, 0.15) is 5.82 Å². The molecule has 0 bridgehead atoms. The van der Waals surface area contributed by atoms with E-state index in [1.165, 1.54) is 0 Å². The van der Waals surface area contributed by atoms with Crippen LogP contribution in [0.15, 0.2) is 48.5 Å². The molecule has 3 rings (SSSR count). The van der Waals surface area contributed by atoms with Gasteiger partial charge >= 0.3 is 0 Å². The number of carbonyl (C=O) groups is 1. The lowest BCUT2D eigenvalue weighted by Crippen LogP contribution is -2.35. The van der Waals surface area contributed by atoms with Crippen molar-refractivity contribution in [2.24, 2.45) is 5.73 Å². The van der Waals surface area contributed by atoms with E-state index in [9.17, 15) is 4.79 Å². The summed E-state index contributed by atoms with van der Waals surface area (Å²) in [6, 6.07) is 15.4. The van der Waals surface area contributed by atoms with E-state index in [4.69, 9.17) is 5.73 Å². The van der Waals surface area contributed by atoms with Crippen molar-refractivity contribution in [2.75, 3.05) is 5.32 Å². The number of aromatic nitrogens is 3. The number of nitrogens with one attached hydrogen (secondary N) is 2. The number of rotatable bonds is 5. The summed E-state index contributed by atoms with van der Waals surface area (Å²) in [7, 11) is 0. The minimum atomic E-state index is -0.635. The van der Waals surface area contributed by atoms with Crippen LogP contribution in [0.5, 0.6) is 0 Å². The maximum atomic E-state index is 12.8. The van der Waals surface area contributed by atoms with Crippen molar-refractivity contribution >= 4 is 11.6 Å². The smallest absolute Gasteiger partial charge is 0.234 e. The molecule has 1 amide bonds. The Labute approximate surface area is 152 Å². The van der Waals surface area contributed by atoms with Crippen molar-refractivity contribution in [3.8, 4) is 11.4 Å². The van der Waals surface area contributed by atoms with Crippen LogP contribution in [0.4, 0.5) is 5.69 Å². The van der Waals surface area contributed by atoms with Crippen LogP contribution < -0.4 is 11.1 Å². The zero-order chi connectivity index (χ0) is 18.7. The average molecular weight is 349 g/mol. The van der Waals surface area contributed by atoms with Crippen molar-refractivity contribution in [1.82, 2.24) is 15.2 Å². The minimum Gasteiger partial charge on any atom is -0.325 e. The molecule has 0 aliphatic heterocycles. The summed E-state index contributed by atoms with van der Waals surface area (Å²) in [5, 5.41) is 9.92. The fourth-order valence-corrected chi connectivity index (χ4v) is 2.90. The molecule has 6 nitrogen and oxygen atoms in total. The van der Waals surface area contributed by atoms with Crippen molar-refractivity contribution < 1.29 is 4.79 Å². The first-order valence-corrected chi connectivity index (χ1v) is 8.51. The summed E-state index contributed by atoms with van der Waals surface area (Å²) in [5.41, 5.74) is 8.61. The Morgan fingerprint density at radius 3 is 2.46 bits per heavy atom. The van der Waals surface area contributed by atoms with Crippen LogP contribution in [0.25, 0.3) is 11.4 Å². The van der Waals surface area contributed by atoms with Gasteiger partial charge in [-0.25, -0.2) is 4.98 Å². The van der Waals surface area contributed by atoms with Crippen LogP contribution in [0.1, 0.15) is 30.8 Å².